The van der Waals surface area contributed by atoms with Crippen LogP contribution in [0.25, 0.3) is 17.1 Å². The van der Waals surface area contributed by atoms with Gasteiger partial charge in [0.15, 0.2) is 0 Å². The maximum absolute atomic E-state index is 5.53. The number of ether oxygens (including phenoxy) is 1. The first-order valence-corrected chi connectivity index (χ1v) is 10.4. The highest BCUT2D eigenvalue weighted by molar-refractivity contribution is 5.59. The van der Waals surface area contributed by atoms with Crippen molar-refractivity contribution in [2.45, 2.75) is 40.0 Å². The van der Waals surface area contributed by atoms with Crippen LogP contribution in [0.15, 0.2) is 55.0 Å². The van der Waals surface area contributed by atoms with Gasteiger partial charge < -0.3 is 9.30 Å². The molecule has 0 saturated heterocycles. The van der Waals surface area contributed by atoms with Crippen LogP contribution in [0, 0.1) is 20.8 Å². The molecule has 31 heavy (non-hydrogen) atoms. The molecule has 6 heteroatoms. The molecule has 1 aromatic carbocycles. The van der Waals surface area contributed by atoms with E-state index in [1.54, 1.807) is 13.4 Å². The monoisotopic (exact) mass is 413 g/mol. The zero-order chi connectivity index (χ0) is 22.0. The van der Waals surface area contributed by atoms with Gasteiger partial charge in [-0.2, -0.15) is 5.10 Å². The molecule has 0 saturated carbocycles. The molecular formula is C25H27N5O. The summed E-state index contributed by atoms with van der Waals surface area (Å²) in [6, 6.07) is 14.6. The Kier molecular flexibility index (Phi) is 5.80. The molecule has 0 aliphatic heterocycles. The highest BCUT2D eigenvalue weighted by atomic mass is 16.5. The second-order valence-corrected chi connectivity index (χ2v) is 8.02. The molecule has 0 radical (unpaired) electrons. The number of rotatable bonds is 6. The van der Waals surface area contributed by atoms with Crippen LogP contribution in [0.1, 0.15) is 40.9 Å². The van der Waals surface area contributed by atoms with Gasteiger partial charge in [-0.3, -0.25) is 0 Å². The Morgan fingerprint density at radius 2 is 1.74 bits per heavy atom. The first-order valence-electron chi connectivity index (χ1n) is 10.4. The average molecular weight is 414 g/mol. The molecule has 3 heterocycles. The standard InChI is InChI=1S/C25H27N5O/c1-16-6-8-20(9-7-16)17(2)12-22-18(3)13-23(29-28-22)21-10-11-24(25(27-21)31-5)30-14-19(4)26-15-30/h6-11,13-15,17H,12H2,1-5H3/t17-/m1/s1. The molecule has 0 aliphatic rings. The Labute approximate surface area is 183 Å². The maximum Gasteiger partial charge on any atom is 0.238 e. The number of benzene rings is 1. The van der Waals surface area contributed by atoms with Crippen molar-refractivity contribution in [3.8, 4) is 23.0 Å². The minimum atomic E-state index is 0.371. The summed E-state index contributed by atoms with van der Waals surface area (Å²) in [5, 5.41) is 9.00. The van der Waals surface area contributed by atoms with Crippen LogP contribution in [0.3, 0.4) is 0 Å². The van der Waals surface area contributed by atoms with E-state index in [2.05, 4.69) is 65.2 Å². The van der Waals surface area contributed by atoms with Crippen molar-refractivity contribution in [3.63, 3.8) is 0 Å². The van der Waals surface area contributed by atoms with Crippen LogP contribution in [-0.2, 0) is 6.42 Å². The molecule has 0 bridgehead atoms. The normalized spacial score (nSPS) is 12.0. The summed E-state index contributed by atoms with van der Waals surface area (Å²) in [5.41, 5.74) is 7.93. The topological polar surface area (TPSA) is 65.7 Å². The molecule has 4 aromatic rings. The number of aryl methyl sites for hydroxylation is 3. The van der Waals surface area contributed by atoms with Crippen LogP contribution < -0.4 is 4.74 Å². The van der Waals surface area contributed by atoms with Gasteiger partial charge in [-0.05, 0) is 62.4 Å². The van der Waals surface area contributed by atoms with Crippen LogP contribution in [0.5, 0.6) is 5.88 Å². The fourth-order valence-corrected chi connectivity index (χ4v) is 3.62. The summed E-state index contributed by atoms with van der Waals surface area (Å²) in [4.78, 5) is 8.94. The van der Waals surface area contributed by atoms with E-state index >= 15 is 0 Å². The molecule has 0 spiro atoms. The van der Waals surface area contributed by atoms with Crippen LogP contribution >= 0.6 is 0 Å². The Bertz CT molecular complexity index is 1200. The summed E-state index contributed by atoms with van der Waals surface area (Å²) < 4.78 is 7.43. The highest BCUT2D eigenvalue weighted by Gasteiger charge is 2.14. The van der Waals surface area contributed by atoms with Crippen LogP contribution in [-0.4, -0.2) is 31.8 Å². The van der Waals surface area contributed by atoms with Gasteiger partial charge in [-0.25, -0.2) is 9.97 Å². The van der Waals surface area contributed by atoms with E-state index in [9.17, 15) is 0 Å². The lowest BCUT2D eigenvalue weighted by atomic mass is 9.94. The van der Waals surface area contributed by atoms with E-state index in [4.69, 9.17) is 4.74 Å². The highest BCUT2D eigenvalue weighted by Crippen LogP contribution is 2.27. The molecule has 4 rings (SSSR count). The van der Waals surface area contributed by atoms with Gasteiger partial charge in [-0.15, -0.1) is 5.10 Å². The lowest BCUT2D eigenvalue weighted by molar-refractivity contribution is 0.396. The van der Waals surface area contributed by atoms with E-state index in [1.165, 1.54) is 11.1 Å². The van der Waals surface area contributed by atoms with Gasteiger partial charge in [0, 0.05) is 6.20 Å². The number of imidazole rings is 1. The first-order chi connectivity index (χ1) is 14.9. The molecule has 3 aromatic heterocycles. The molecule has 158 valence electrons. The third-order valence-electron chi connectivity index (χ3n) is 5.52. The quantitative estimate of drug-likeness (QED) is 0.445. The van der Waals surface area contributed by atoms with E-state index < -0.39 is 0 Å². The number of hydrogen-bond acceptors (Lipinski definition) is 5. The largest absolute Gasteiger partial charge is 0.479 e. The number of hydrogen-bond donors (Lipinski definition) is 0. The Morgan fingerprint density at radius 3 is 2.39 bits per heavy atom. The average Bonchev–Trinajstić information content (AvgIpc) is 3.21. The molecule has 1 atom stereocenters. The van der Waals surface area contributed by atoms with E-state index in [-0.39, 0.29) is 0 Å². The van der Waals surface area contributed by atoms with Crippen LogP contribution in [0.4, 0.5) is 0 Å². The van der Waals surface area contributed by atoms with Gasteiger partial charge >= 0.3 is 0 Å². The summed E-state index contributed by atoms with van der Waals surface area (Å²) in [6.07, 6.45) is 4.54. The minimum absolute atomic E-state index is 0.371. The van der Waals surface area contributed by atoms with Crippen molar-refractivity contribution >= 4 is 0 Å². The van der Waals surface area contributed by atoms with Gasteiger partial charge in [-0.1, -0.05) is 36.8 Å². The SMILES string of the molecule is COc1nc(-c2cc(C)c(C[C@@H](C)c3ccc(C)cc3)nn2)ccc1-n1cnc(C)c1. The predicted molar refractivity (Wildman–Crippen MR) is 122 cm³/mol. The maximum atomic E-state index is 5.53. The number of methoxy groups -OCH3 is 1. The number of aromatic nitrogens is 5. The summed E-state index contributed by atoms with van der Waals surface area (Å²) in [6.45, 7) is 8.36. The Balaban J connectivity index is 1.58. The fraction of sp³-hybridized carbons (Fsp3) is 0.280. The second-order valence-electron chi connectivity index (χ2n) is 8.02. The second kappa shape index (κ2) is 8.68. The number of nitrogens with zero attached hydrogens (tertiary/aromatic N) is 5. The van der Waals surface area contributed by atoms with Crippen molar-refractivity contribution in [2.75, 3.05) is 7.11 Å². The predicted octanol–water partition coefficient (Wildman–Crippen LogP) is 5.00. The van der Waals surface area contributed by atoms with Gasteiger partial charge in [0.2, 0.25) is 5.88 Å². The van der Waals surface area contributed by atoms with Crippen molar-refractivity contribution in [1.29, 1.82) is 0 Å². The molecule has 0 N–H and O–H groups in total. The zero-order valence-electron chi connectivity index (χ0n) is 18.6. The van der Waals surface area contributed by atoms with Crippen molar-refractivity contribution < 1.29 is 4.74 Å². The van der Waals surface area contributed by atoms with E-state index in [0.29, 0.717) is 11.8 Å². The lowest BCUT2D eigenvalue weighted by Gasteiger charge is -2.14. The summed E-state index contributed by atoms with van der Waals surface area (Å²) >= 11 is 0. The third kappa shape index (κ3) is 4.48. The lowest BCUT2D eigenvalue weighted by Crippen LogP contribution is -2.05. The summed E-state index contributed by atoms with van der Waals surface area (Å²) in [5.74, 6) is 0.891. The van der Waals surface area contributed by atoms with Gasteiger partial charge in [0.25, 0.3) is 0 Å². The molecule has 0 fully saturated rings. The first kappa shape index (κ1) is 20.7. The third-order valence-corrected chi connectivity index (χ3v) is 5.52. The van der Waals surface area contributed by atoms with Gasteiger partial charge in [0.1, 0.15) is 11.4 Å². The summed E-state index contributed by atoms with van der Waals surface area (Å²) in [7, 11) is 1.62. The van der Waals surface area contributed by atoms with Crippen molar-refractivity contribution in [1.82, 2.24) is 24.7 Å². The van der Waals surface area contributed by atoms with Crippen molar-refractivity contribution in [2.24, 2.45) is 0 Å². The van der Waals surface area contributed by atoms with Gasteiger partial charge in [0.05, 0.1) is 30.5 Å². The fourth-order valence-electron chi connectivity index (χ4n) is 3.62. The number of pyridine rings is 1. The minimum Gasteiger partial charge on any atom is -0.479 e. The molecule has 6 nitrogen and oxygen atoms in total. The zero-order valence-corrected chi connectivity index (χ0v) is 18.6. The smallest absolute Gasteiger partial charge is 0.238 e. The molecular weight excluding hydrogens is 386 g/mol. The molecule has 0 amide bonds. The van der Waals surface area contributed by atoms with Crippen molar-refractivity contribution in [3.05, 3.63) is 83.1 Å². The molecule has 0 aliphatic carbocycles. The van der Waals surface area contributed by atoms with Crippen LogP contribution in [0.2, 0.25) is 0 Å². The Hall–Kier alpha value is -3.54. The van der Waals surface area contributed by atoms with E-state index in [0.717, 1.165) is 40.4 Å². The van der Waals surface area contributed by atoms with E-state index in [1.807, 2.05) is 35.9 Å². The Morgan fingerprint density at radius 1 is 0.968 bits per heavy atom. The molecule has 0 unspecified atom stereocenters.